The molecule has 0 atom stereocenters. The second-order valence-corrected chi connectivity index (χ2v) is 10.2. The molecule has 216 valence electrons. The fourth-order valence-corrected chi connectivity index (χ4v) is 4.86. The first-order valence-electron chi connectivity index (χ1n) is 12.9. The summed E-state index contributed by atoms with van der Waals surface area (Å²) in [7, 11) is 1.66. The molecule has 2 aromatic carbocycles. The van der Waals surface area contributed by atoms with Crippen LogP contribution in [-0.4, -0.2) is 32.3 Å². The van der Waals surface area contributed by atoms with Gasteiger partial charge in [-0.05, 0) is 60.5 Å². The van der Waals surface area contributed by atoms with E-state index in [-0.39, 0.29) is 5.69 Å². The number of aryl methyl sites for hydroxylation is 1. The van der Waals surface area contributed by atoms with E-state index < -0.39 is 17.8 Å². The molecule has 0 aliphatic carbocycles. The highest BCUT2D eigenvalue weighted by atomic mass is 32.1. The zero-order valence-electron chi connectivity index (χ0n) is 22.6. The Hall–Kier alpha value is -4.91. The highest BCUT2D eigenvalue weighted by Gasteiger charge is 2.31. The Morgan fingerprint density at radius 1 is 1.00 bits per heavy atom. The largest absolute Gasteiger partial charge is 0.439 e. The van der Waals surface area contributed by atoms with E-state index in [9.17, 15) is 18.0 Å². The molecule has 0 unspecified atom stereocenters. The number of carbonyl (C=O) groups is 1. The summed E-state index contributed by atoms with van der Waals surface area (Å²) in [6.45, 7) is 2.97. The zero-order valence-corrected chi connectivity index (χ0v) is 23.4. The third kappa shape index (κ3) is 6.86. The molecule has 0 saturated heterocycles. The molecule has 0 bridgehead atoms. The first-order valence-corrected chi connectivity index (χ1v) is 13.7. The first-order chi connectivity index (χ1) is 20.2. The van der Waals surface area contributed by atoms with Crippen LogP contribution in [0.1, 0.15) is 18.9 Å². The minimum absolute atomic E-state index is 0.0194. The lowest BCUT2D eigenvalue weighted by Gasteiger charge is -2.15. The van der Waals surface area contributed by atoms with Gasteiger partial charge in [0.15, 0.2) is 5.13 Å². The number of halogens is 3. The van der Waals surface area contributed by atoms with Crippen LogP contribution in [0, 0.1) is 0 Å². The number of nitrogens with zero attached hydrogens (tertiary/aromatic N) is 4. The Labute approximate surface area is 243 Å². The number of pyridine rings is 1. The van der Waals surface area contributed by atoms with Crippen molar-refractivity contribution < 1.29 is 22.7 Å². The molecule has 3 heterocycles. The summed E-state index contributed by atoms with van der Waals surface area (Å²) >= 11 is 1.58. The van der Waals surface area contributed by atoms with Gasteiger partial charge in [-0.1, -0.05) is 24.3 Å². The second kappa shape index (κ2) is 12.3. The maximum Gasteiger partial charge on any atom is 0.416 e. The van der Waals surface area contributed by atoms with Crippen LogP contribution in [-0.2, 0) is 13.2 Å². The molecular weight excluding hydrogens is 567 g/mol. The molecular formula is C29H26F3N7O2S. The molecule has 9 nitrogen and oxygen atoms in total. The lowest BCUT2D eigenvalue weighted by atomic mass is 10.1. The predicted molar refractivity (Wildman–Crippen MR) is 157 cm³/mol. The number of rotatable bonds is 9. The molecule has 3 N–H and O–H groups in total. The molecule has 2 amide bonds. The minimum atomic E-state index is -4.58. The van der Waals surface area contributed by atoms with Crippen LogP contribution in [0.25, 0.3) is 21.7 Å². The average molecular weight is 594 g/mol. The summed E-state index contributed by atoms with van der Waals surface area (Å²) in [4.78, 5) is 22.4. The van der Waals surface area contributed by atoms with Crippen molar-refractivity contribution in [3.63, 3.8) is 0 Å². The van der Waals surface area contributed by atoms with Crippen molar-refractivity contribution in [2.75, 3.05) is 22.5 Å². The van der Waals surface area contributed by atoms with E-state index in [2.05, 4.69) is 37.9 Å². The summed E-state index contributed by atoms with van der Waals surface area (Å²) in [5.41, 5.74) is 1.35. The molecule has 13 heteroatoms. The molecule has 3 aromatic heterocycles. The number of carbonyl (C=O) groups excluding carboxylic acids is 1. The molecule has 5 rings (SSSR count). The highest BCUT2D eigenvalue weighted by Crippen LogP contribution is 2.36. The fourth-order valence-electron chi connectivity index (χ4n) is 4.01. The number of thiazole rings is 1. The van der Waals surface area contributed by atoms with Gasteiger partial charge in [0.2, 0.25) is 5.88 Å². The third-order valence-corrected chi connectivity index (χ3v) is 7.08. The van der Waals surface area contributed by atoms with Crippen LogP contribution in [0.3, 0.4) is 0 Å². The maximum atomic E-state index is 13.4. The number of aromatic nitrogens is 4. The monoisotopic (exact) mass is 593 g/mol. The average Bonchev–Trinajstić information content (AvgIpc) is 3.62. The SMILES string of the molecule is CCCNc1ncc(-c2ccc(Oc3ccc(NC(=O)Nc4cc(C(F)(F)F)ccc4-c4ccnn4C)cn3)cc2)s1. The van der Waals surface area contributed by atoms with Crippen molar-refractivity contribution in [3.8, 4) is 33.3 Å². The smallest absolute Gasteiger partial charge is 0.416 e. The van der Waals surface area contributed by atoms with E-state index in [1.807, 2.05) is 30.5 Å². The summed E-state index contributed by atoms with van der Waals surface area (Å²) < 4.78 is 47.4. The van der Waals surface area contributed by atoms with Crippen molar-refractivity contribution in [2.24, 2.45) is 7.05 Å². The van der Waals surface area contributed by atoms with Crippen LogP contribution in [0.4, 0.5) is 34.5 Å². The van der Waals surface area contributed by atoms with Gasteiger partial charge < -0.3 is 20.7 Å². The lowest BCUT2D eigenvalue weighted by molar-refractivity contribution is -0.137. The topological polar surface area (TPSA) is 106 Å². The Morgan fingerprint density at radius 3 is 2.48 bits per heavy atom. The quantitative estimate of drug-likeness (QED) is 0.161. The molecule has 0 radical (unpaired) electrons. The van der Waals surface area contributed by atoms with Gasteiger partial charge in [0, 0.05) is 37.6 Å². The molecule has 42 heavy (non-hydrogen) atoms. The number of anilines is 3. The number of ether oxygens (including phenoxy) is 1. The molecule has 0 fully saturated rings. The van der Waals surface area contributed by atoms with Gasteiger partial charge in [-0.25, -0.2) is 14.8 Å². The second-order valence-electron chi connectivity index (χ2n) is 9.15. The first kappa shape index (κ1) is 28.6. The van der Waals surface area contributed by atoms with Crippen molar-refractivity contribution >= 4 is 33.9 Å². The number of hydrogen-bond acceptors (Lipinski definition) is 7. The number of amides is 2. The Balaban J connectivity index is 1.22. The Morgan fingerprint density at radius 2 is 1.81 bits per heavy atom. The van der Waals surface area contributed by atoms with Gasteiger partial charge in [-0.15, -0.1) is 0 Å². The van der Waals surface area contributed by atoms with Crippen LogP contribution >= 0.6 is 11.3 Å². The van der Waals surface area contributed by atoms with E-state index >= 15 is 0 Å². The molecule has 5 aromatic rings. The normalized spacial score (nSPS) is 11.3. The number of urea groups is 1. The summed E-state index contributed by atoms with van der Waals surface area (Å²) in [5, 5.41) is 13.3. The van der Waals surface area contributed by atoms with Crippen molar-refractivity contribution in [1.29, 1.82) is 0 Å². The van der Waals surface area contributed by atoms with E-state index in [0.717, 1.165) is 40.7 Å². The Kier molecular flexibility index (Phi) is 8.38. The standard InChI is InChI=1S/C29H26F3N7O2S/c1-3-13-33-28-35-17-25(42-28)18-4-8-21(9-5-18)41-26-11-7-20(16-34-26)37-27(40)38-23-15-19(29(30,31)32)6-10-22(23)24-12-14-36-39(24)2/h4-12,14-17H,3,13H2,1-2H3,(H,33,35)(H2,37,38,40). The van der Waals surface area contributed by atoms with Gasteiger partial charge in [0.25, 0.3) is 0 Å². The van der Waals surface area contributed by atoms with E-state index in [4.69, 9.17) is 4.74 Å². The van der Waals surface area contributed by atoms with Gasteiger partial charge in [0.05, 0.1) is 33.7 Å². The van der Waals surface area contributed by atoms with Crippen molar-refractivity contribution in [3.05, 3.63) is 84.8 Å². The van der Waals surface area contributed by atoms with Crippen LogP contribution < -0.4 is 20.7 Å². The van der Waals surface area contributed by atoms with Crippen LogP contribution in [0.5, 0.6) is 11.6 Å². The zero-order chi connectivity index (χ0) is 29.7. The fraction of sp³-hybridized carbons (Fsp3) is 0.172. The highest BCUT2D eigenvalue weighted by molar-refractivity contribution is 7.18. The number of hydrogen-bond donors (Lipinski definition) is 3. The lowest BCUT2D eigenvalue weighted by Crippen LogP contribution is -2.20. The number of nitrogens with one attached hydrogen (secondary N) is 3. The van der Waals surface area contributed by atoms with Crippen LogP contribution in [0.15, 0.2) is 79.3 Å². The Bertz CT molecular complexity index is 1670. The summed E-state index contributed by atoms with van der Waals surface area (Å²) in [5.74, 6) is 0.875. The van der Waals surface area contributed by atoms with E-state index in [0.29, 0.717) is 28.6 Å². The maximum absolute atomic E-state index is 13.4. The van der Waals surface area contributed by atoms with Gasteiger partial charge >= 0.3 is 12.2 Å². The third-order valence-electron chi connectivity index (χ3n) is 6.08. The van der Waals surface area contributed by atoms with E-state index in [1.54, 1.807) is 36.6 Å². The van der Waals surface area contributed by atoms with Gasteiger partial charge in [-0.2, -0.15) is 18.3 Å². The summed E-state index contributed by atoms with van der Waals surface area (Å²) in [6.07, 6.45) is 1.18. The van der Waals surface area contributed by atoms with Gasteiger partial charge in [0.1, 0.15) is 5.75 Å². The van der Waals surface area contributed by atoms with Gasteiger partial charge in [-0.3, -0.25) is 4.68 Å². The predicted octanol–water partition coefficient (Wildman–Crippen LogP) is 7.88. The molecule has 0 aliphatic rings. The summed E-state index contributed by atoms with van der Waals surface area (Å²) in [6, 6.07) is 14.7. The minimum Gasteiger partial charge on any atom is -0.439 e. The van der Waals surface area contributed by atoms with Crippen molar-refractivity contribution in [1.82, 2.24) is 19.7 Å². The van der Waals surface area contributed by atoms with Crippen molar-refractivity contribution in [2.45, 2.75) is 19.5 Å². The van der Waals surface area contributed by atoms with Crippen LogP contribution in [0.2, 0.25) is 0 Å². The van der Waals surface area contributed by atoms with E-state index in [1.165, 1.54) is 23.1 Å². The number of alkyl halides is 3. The molecule has 0 saturated carbocycles. The number of benzene rings is 2. The molecule has 0 spiro atoms. The molecule has 0 aliphatic heterocycles.